The number of ether oxygens (including phenoxy) is 1. The lowest BCUT2D eigenvalue weighted by Crippen LogP contribution is -2.47. The van der Waals surface area contributed by atoms with Gasteiger partial charge in [-0.05, 0) is 49.6 Å². The number of aliphatic hydroxyl groups is 1. The first-order valence-corrected chi connectivity index (χ1v) is 9.62. The van der Waals surface area contributed by atoms with Crippen LogP contribution in [-0.2, 0) is 9.68 Å². The molecule has 2 aliphatic rings. The van der Waals surface area contributed by atoms with Gasteiger partial charge < -0.3 is 14.7 Å². The number of aliphatic hydroxyl groups excluding tert-OH is 1. The van der Waals surface area contributed by atoms with E-state index in [1.165, 1.54) is 19.3 Å². The Kier molecular flexibility index (Phi) is 17.4. The standard InChI is InChI=1S/C11H23FN2O2.C5H10O.C2H6/c12-16-11-9-14-7-5-13(6-8-14)4-2-1-3-10-15;1-6-5-3-2-4-5;1-2/h15H,1-11H2;5H,2-4H2,1H3;1-2H3. The molecule has 0 aromatic rings. The van der Waals surface area contributed by atoms with E-state index in [1.807, 2.05) is 13.8 Å². The summed E-state index contributed by atoms with van der Waals surface area (Å²) in [4.78, 5) is 8.24. The summed E-state index contributed by atoms with van der Waals surface area (Å²) in [6.45, 7) is 10.4. The largest absolute Gasteiger partial charge is 0.396 e. The summed E-state index contributed by atoms with van der Waals surface area (Å²) in [7, 11) is 1.78. The van der Waals surface area contributed by atoms with Crippen molar-refractivity contribution in [1.29, 1.82) is 0 Å². The van der Waals surface area contributed by atoms with E-state index in [2.05, 4.69) is 14.7 Å². The zero-order chi connectivity index (χ0) is 18.0. The fraction of sp³-hybridized carbons (Fsp3) is 1.00. The molecule has 1 saturated heterocycles. The van der Waals surface area contributed by atoms with Gasteiger partial charge >= 0.3 is 0 Å². The Labute approximate surface area is 148 Å². The van der Waals surface area contributed by atoms with Gasteiger partial charge in [0.2, 0.25) is 0 Å². The van der Waals surface area contributed by atoms with Crippen LogP contribution < -0.4 is 0 Å². The van der Waals surface area contributed by atoms with Crippen LogP contribution in [0.2, 0.25) is 0 Å². The molecule has 146 valence electrons. The van der Waals surface area contributed by atoms with Crippen LogP contribution >= 0.6 is 0 Å². The van der Waals surface area contributed by atoms with Crippen molar-refractivity contribution in [3.05, 3.63) is 0 Å². The third-order valence-corrected chi connectivity index (χ3v) is 4.47. The first-order valence-electron chi connectivity index (χ1n) is 9.62. The van der Waals surface area contributed by atoms with Crippen LogP contribution in [0.3, 0.4) is 0 Å². The predicted molar refractivity (Wildman–Crippen MR) is 96.9 cm³/mol. The van der Waals surface area contributed by atoms with Gasteiger partial charge in [-0.3, -0.25) is 4.90 Å². The molecule has 0 radical (unpaired) electrons. The molecule has 0 aromatic heterocycles. The highest BCUT2D eigenvalue weighted by Gasteiger charge is 2.16. The molecule has 1 aliphatic carbocycles. The average molecular weight is 351 g/mol. The van der Waals surface area contributed by atoms with Crippen LogP contribution in [0.15, 0.2) is 0 Å². The normalized spacial score (nSPS) is 18.9. The third-order valence-electron chi connectivity index (χ3n) is 4.47. The van der Waals surface area contributed by atoms with E-state index in [1.54, 1.807) is 7.11 Å². The maximum Gasteiger partial charge on any atom is 0.100 e. The van der Waals surface area contributed by atoms with Crippen molar-refractivity contribution in [2.45, 2.75) is 58.5 Å². The minimum absolute atomic E-state index is 0.177. The molecule has 0 atom stereocenters. The molecule has 1 N–H and O–H groups in total. The van der Waals surface area contributed by atoms with Gasteiger partial charge in [-0.25, -0.2) is 0 Å². The predicted octanol–water partition coefficient (Wildman–Crippen LogP) is 2.88. The molecule has 0 bridgehead atoms. The lowest BCUT2D eigenvalue weighted by molar-refractivity contribution is -0.137. The van der Waals surface area contributed by atoms with E-state index in [0.717, 1.165) is 52.0 Å². The number of halogens is 1. The molecular formula is C18H39FN2O3. The van der Waals surface area contributed by atoms with Gasteiger partial charge in [-0.2, -0.15) is 4.94 Å². The minimum Gasteiger partial charge on any atom is -0.396 e. The second-order valence-corrected chi connectivity index (χ2v) is 6.07. The van der Waals surface area contributed by atoms with Crippen LogP contribution in [-0.4, -0.2) is 80.6 Å². The van der Waals surface area contributed by atoms with Gasteiger partial charge in [0.25, 0.3) is 0 Å². The molecular weight excluding hydrogens is 311 g/mol. The van der Waals surface area contributed by atoms with E-state index < -0.39 is 0 Å². The summed E-state index contributed by atoms with van der Waals surface area (Å²) >= 11 is 0. The Morgan fingerprint density at radius 1 is 0.958 bits per heavy atom. The molecule has 1 aliphatic heterocycles. The van der Waals surface area contributed by atoms with Gasteiger partial charge in [0.05, 0.1) is 6.10 Å². The van der Waals surface area contributed by atoms with Crippen molar-refractivity contribution in [3.63, 3.8) is 0 Å². The summed E-state index contributed by atoms with van der Waals surface area (Å²) in [6, 6.07) is 0. The molecule has 1 heterocycles. The zero-order valence-corrected chi connectivity index (χ0v) is 16.0. The van der Waals surface area contributed by atoms with Crippen molar-refractivity contribution in [2.75, 3.05) is 59.6 Å². The van der Waals surface area contributed by atoms with E-state index in [9.17, 15) is 4.53 Å². The fourth-order valence-electron chi connectivity index (χ4n) is 2.63. The molecule has 0 amide bonds. The average Bonchev–Trinajstić information content (AvgIpc) is 2.59. The Balaban J connectivity index is 0.000000547. The van der Waals surface area contributed by atoms with Crippen molar-refractivity contribution < 1.29 is 19.3 Å². The topological polar surface area (TPSA) is 45.2 Å². The maximum atomic E-state index is 11.5. The highest BCUT2D eigenvalue weighted by atomic mass is 19.3. The van der Waals surface area contributed by atoms with E-state index in [4.69, 9.17) is 9.84 Å². The van der Waals surface area contributed by atoms with Gasteiger partial charge in [0.15, 0.2) is 0 Å². The van der Waals surface area contributed by atoms with E-state index >= 15 is 0 Å². The Bertz CT molecular complexity index is 246. The second-order valence-electron chi connectivity index (χ2n) is 6.07. The summed E-state index contributed by atoms with van der Waals surface area (Å²) in [5.41, 5.74) is 0. The van der Waals surface area contributed by atoms with Crippen molar-refractivity contribution in [2.24, 2.45) is 0 Å². The second kappa shape index (κ2) is 17.5. The Morgan fingerprint density at radius 3 is 1.92 bits per heavy atom. The van der Waals surface area contributed by atoms with E-state index in [0.29, 0.717) is 19.3 Å². The SMILES string of the molecule is CC.COC1CCC1.OCCCCCN1CCN(CCOF)CC1. The monoisotopic (exact) mass is 350 g/mol. The lowest BCUT2D eigenvalue weighted by Gasteiger charge is -2.34. The fourth-order valence-corrected chi connectivity index (χ4v) is 2.63. The number of piperazine rings is 1. The Hall–Kier alpha value is -0.270. The van der Waals surface area contributed by atoms with Gasteiger partial charge in [-0.15, -0.1) is 0 Å². The van der Waals surface area contributed by atoms with Crippen molar-refractivity contribution in [1.82, 2.24) is 9.80 Å². The van der Waals surface area contributed by atoms with Gasteiger partial charge in [0.1, 0.15) is 6.61 Å². The molecule has 6 heteroatoms. The molecule has 5 nitrogen and oxygen atoms in total. The zero-order valence-electron chi connectivity index (χ0n) is 16.0. The number of unbranched alkanes of at least 4 members (excludes halogenated alkanes) is 2. The number of methoxy groups -OCH3 is 1. The summed E-state index contributed by atoms with van der Waals surface area (Å²) < 4.78 is 16.5. The molecule has 0 spiro atoms. The lowest BCUT2D eigenvalue weighted by atomic mass is 9.96. The molecule has 2 rings (SSSR count). The molecule has 0 aromatic carbocycles. The quantitative estimate of drug-likeness (QED) is 0.648. The molecule has 2 fully saturated rings. The highest BCUT2D eigenvalue weighted by molar-refractivity contribution is 4.71. The Morgan fingerprint density at radius 2 is 1.54 bits per heavy atom. The number of nitrogens with zero attached hydrogens (tertiary/aromatic N) is 2. The van der Waals surface area contributed by atoms with Gasteiger partial charge in [0, 0.05) is 46.4 Å². The smallest absolute Gasteiger partial charge is 0.100 e. The molecule has 1 saturated carbocycles. The first kappa shape index (κ1) is 23.7. The van der Waals surface area contributed by atoms with Crippen LogP contribution in [0.25, 0.3) is 0 Å². The summed E-state index contributed by atoms with van der Waals surface area (Å²) in [5, 5.41) is 8.66. The van der Waals surface area contributed by atoms with Crippen LogP contribution in [0.1, 0.15) is 52.4 Å². The number of hydrogen-bond acceptors (Lipinski definition) is 5. The van der Waals surface area contributed by atoms with Gasteiger partial charge in [-0.1, -0.05) is 13.8 Å². The van der Waals surface area contributed by atoms with E-state index in [-0.39, 0.29) is 6.61 Å². The minimum atomic E-state index is 0.177. The highest BCUT2D eigenvalue weighted by Crippen LogP contribution is 2.20. The number of rotatable bonds is 9. The maximum absolute atomic E-state index is 11.5. The van der Waals surface area contributed by atoms with Crippen molar-refractivity contribution in [3.8, 4) is 0 Å². The van der Waals surface area contributed by atoms with Crippen molar-refractivity contribution >= 4 is 0 Å². The van der Waals surface area contributed by atoms with Crippen LogP contribution in [0, 0.1) is 0 Å². The first-order chi connectivity index (χ1) is 11.8. The van der Waals surface area contributed by atoms with Crippen LogP contribution in [0.5, 0.6) is 0 Å². The summed E-state index contributed by atoms with van der Waals surface area (Å²) in [6.07, 6.45) is 7.74. The molecule has 0 unspecified atom stereocenters. The van der Waals surface area contributed by atoms with Crippen LogP contribution in [0.4, 0.5) is 4.53 Å². The third kappa shape index (κ3) is 12.1. The molecule has 24 heavy (non-hydrogen) atoms. The number of hydrogen-bond donors (Lipinski definition) is 1. The summed E-state index contributed by atoms with van der Waals surface area (Å²) in [5.74, 6) is 0.